The van der Waals surface area contributed by atoms with Gasteiger partial charge in [0.15, 0.2) is 0 Å². The first-order valence-electron chi connectivity index (χ1n) is 3.02. The minimum absolute atomic E-state index is 0.224. The van der Waals surface area contributed by atoms with Crippen LogP contribution in [0, 0.1) is 4.91 Å². The lowest BCUT2D eigenvalue weighted by Gasteiger charge is -1.94. The average Bonchev–Trinajstić information content (AvgIpc) is 2.05. The van der Waals surface area contributed by atoms with Gasteiger partial charge in [0.2, 0.25) is 0 Å². The molecule has 0 bridgehead atoms. The highest BCUT2D eigenvalue weighted by Crippen LogP contribution is 2.16. The molecule has 0 atom stereocenters. The summed E-state index contributed by atoms with van der Waals surface area (Å²) >= 11 is 5.62. The highest BCUT2D eigenvalue weighted by molar-refractivity contribution is 6.30. The zero-order valence-electron chi connectivity index (χ0n) is 5.75. The molecular formula is C8H6ClNO. The van der Waals surface area contributed by atoms with Crippen molar-refractivity contribution in [3.63, 3.8) is 0 Å². The molecule has 0 amide bonds. The van der Waals surface area contributed by atoms with Gasteiger partial charge in [0.05, 0.1) is 0 Å². The van der Waals surface area contributed by atoms with E-state index in [1.807, 2.05) is 0 Å². The fourth-order valence-electron chi connectivity index (χ4n) is 0.695. The lowest BCUT2D eigenvalue weighted by molar-refractivity contribution is 1.50. The van der Waals surface area contributed by atoms with Gasteiger partial charge in [-0.2, -0.15) is 0 Å². The van der Waals surface area contributed by atoms with Crippen LogP contribution in [0.25, 0.3) is 5.70 Å². The Bertz CT molecular complexity index is 279. The number of nitroso groups, excluding NO2 is 1. The van der Waals surface area contributed by atoms with Crippen LogP contribution in [0.3, 0.4) is 0 Å². The Balaban J connectivity index is 2.98. The molecule has 1 aromatic carbocycles. The van der Waals surface area contributed by atoms with Crippen molar-refractivity contribution in [1.29, 1.82) is 0 Å². The molecule has 0 aliphatic carbocycles. The minimum atomic E-state index is 0.224. The second-order valence-corrected chi connectivity index (χ2v) is 2.48. The van der Waals surface area contributed by atoms with E-state index in [2.05, 4.69) is 11.8 Å². The molecule has 0 spiro atoms. The van der Waals surface area contributed by atoms with Crippen molar-refractivity contribution in [2.75, 3.05) is 0 Å². The lowest BCUT2D eigenvalue weighted by Crippen LogP contribution is -1.76. The van der Waals surface area contributed by atoms with E-state index in [0.29, 0.717) is 10.6 Å². The van der Waals surface area contributed by atoms with E-state index in [9.17, 15) is 4.91 Å². The Labute approximate surface area is 69.5 Å². The summed E-state index contributed by atoms with van der Waals surface area (Å²) in [5.74, 6) is 0. The van der Waals surface area contributed by atoms with E-state index in [4.69, 9.17) is 11.6 Å². The van der Waals surface area contributed by atoms with Gasteiger partial charge in [-0.15, -0.1) is 4.91 Å². The molecule has 0 heterocycles. The van der Waals surface area contributed by atoms with Crippen LogP contribution in [-0.4, -0.2) is 0 Å². The number of hydrogen-bond acceptors (Lipinski definition) is 2. The van der Waals surface area contributed by atoms with Crippen LogP contribution in [-0.2, 0) is 0 Å². The molecule has 56 valence electrons. The molecule has 0 saturated carbocycles. The molecular weight excluding hydrogens is 162 g/mol. The maximum Gasteiger partial charge on any atom is 0.108 e. The summed E-state index contributed by atoms with van der Waals surface area (Å²) in [5.41, 5.74) is 0.922. The Hall–Kier alpha value is -1.15. The Kier molecular flexibility index (Phi) is 2.39. The van der Waals surface area contributed by atoms with Gasteiger partial charge >= 0.3 is 0 Å². The van der Waals surface area contributed by atoms with Crippen molar-refractivity contribution >= 4 is 17.3 Å². The first kappa shape index (κ1) is 7.95. The molecule has 1 aromatic rings. The predicted molar refractivity (Wildman–Crippen MR) is 46.3 cm³/mol. The number of nitrogens with zero attached hydrogens (tertiary/aromatic N) is 1. The van der Waals surface area contributed by atoms with Crippen LogP contribution >= 0.6 is 11.6 Å². The first-order valence-corrected chi connectivity index (χ1v) is 3.40. The van der Waals surface area contributed by atoms with Crippen LogP contribution in [0.2, 0.25) is 5.02 Å². The number of rotatable bonds is 2. The zero-order chi connectivity index (χ0) is 8.27. The Morgan fingerprint density at radius 3 is 2.36 bits per heavy atom. The van der Waals surface area contributed by atoms with Crippen LogP contribution in [0.5, 0.6) is 0 Å². The van der Waals surface area contributed by atoms with Crippen molar-refractivity contribution < 1.29 is 0 Å². The maximum atomic E-state index is 10.0. The molecule has 0 aliphatic rings. The second-order valence-electron chi connectivity index (χ2n) is 2.04. The highest BCUT2D eigenvalue weighted by atomic mass is 35.5. The maximum absolute atomic E-state index is 10.0. The summed E-state index contributed by atoms with van der Waals surface area (Å²) < 4.78 is 0. The zero-order valence-corrected chi connectivity index (χ0v) is 6.51. The summed E-state index contributed by atoms with van der Waals surface area (Å²) in [5, 5.41) is 3.33. The first-order chi connectivity index (χ1) is 5.24. The van der Waals surface area contributed by atoms with Crippen molar-refractivity contribution in [3.8, 4) is 0 Å². The molecule has 3 heteroatoms. The predicted octanol–water partition coefficient (Wildman–Crippen LogP) is 3.08. The summed E-state index contributed by atoms with van der Waals surface area (Å²) in [6.45, 7) is 3.45. The van der Waals surface area contributed by atoms with Gasteiger partial charge < -0.3 is 0 Å². The monoisotopic (exact) mass is 167 g/mol. The summed E-state index contributed by atoms with van der Waals surface area (Å²) in [6.07, 6.45) is 0. The normalized spacial score (nSPS) is 9.18. The third-order valence-electron chi connectivity index (χ3n) is 1.29. The molecule has 1 rings (SSSR count). The second kappa shape index (κ2) is 3.30. The molecule has 0 N–H and O–H groups in total. The number of halogens is 1. The summed E-state index contributed by atoms with van der Waals surface area (Å²) in [7, 11) is 0. The van der Waals surface area contributed by atoms with E-state index in [1.54, 1.807) is 24.3 Å². The molecule has 0 fully saturated rings. The SMILES string of the molecule is C=C(N=O)c1ccc(Cl)cc1. The van der Waals surface area contributed by atoms with Crippen molar-refractivity contribution in [3.05, 3.63) is 46.3 Å². The number of hydrogen-bond donors (Lipinski definition) is 0. The standard InChI is InChI=1S/C8H6ClNO/c1-6(10-11)7-2-4-8(9)5-3-7/h2-5H,1H2. The van der Waals surface area contributed by atoms with Gasteiger partial charge in [-0.1, -0.05) is 30.3 Å². The van der Waals surface area contributed by atoms with Gasteiger partial charge in [0.25, 0.3) is 0 Å². The fourth-order valence-corrected chi connectivity index (χ4v) is 0.821. The third-order valence-corrected chi connectivity index (χ3v) is 1.54. The smallest absolute Gasteiger partial charge is 0.108 e. The van der Waals surface area contributed by atoms with Gasteiger partial charge in [-0.25, -0.2) is 0 Å². The van der Waals surface area contributed by atoms with Gasteiger partial charge in [-0.3, -0.25) is 0 Å². The van der Waals surface area contributed by atoms with Crippen molar-refractivity contribution in [2.45, 2.75) is 0 Å². The van der Waals surface area contributed by atoms with E-state index in [-0.39, 0.29) is 5.70 Å². The largest absolute Gasteiger partial charge is 0.145 e. The van der Waals surface area contributed by atoms with E-state index < -0.39 is 0 Å². The molecule has 0 aromatic heterocycles. The van der Waals surface area contributed by atoms with Crippen molar-refractivity contribution in [1.82, 2.24) is 0 Å². The molecule has 0 unspecified atom stereocenters. The fraction of sp³-hybridized carbons (Fsp3) is 0. The summed E-state index contributed by atoms with van der Waals surface area (Å²) in [6, 6.07) is 6.78. The van der Waals surface area contributed by atoms with E-state index in [1.165, 1.54) is 0 Å². The van der Waals surface area contributed by atoms with Crippen LogP contribution in [0.15, 0.2) is 36.0 Å². The van der Waals surface area contributed by atoms with E-state index in [0.717, 1.165) is 0 Å². The van der Waals surface area contributed by atoms with Crippen molar-refractivity contribution in [2.24, 2.45) is 5.18 Å². The van der Waals surface area contributed by atoms with E-state index >= 15 is 0 Å². The minimum Gasteiger partial charge on any atom is -0.145 e. The summed E-state index contributed by atoms with van der Waals surface area (Å²) in [4.78, 5) is 10.0. The molecule has 11 heavy (non-hydrogen) atoms. The van der Waals surface area contributed by atoms with Crippen LogP contribution in [0.1, 0.15) is 5.56 Å². The quantitative estimate of drug-likeness (QED) is 0.623. The van der Waals surface area contributed by atoms with Crippen LogP contribution < -0.4 is 0 Å². The third kappa shape index (κ3) is 1.88. The topological polar surface area (TPSA) is 29.4 Å². The Morgan fingerprint density at radius 1 is 1.36 bits per heavy atom. The molecule has 0 aliphatic heterocycles. The molecule has 0 radical (unpaired) electrons. The average molecular weight is 168 g/mol. The van der Waals surface area contributed by atoms with Gasteiger partial charge in [0.1, 0.15) is 5.70 Å². The lowest BCUT2D eigenvalue weighted by atomic mass is 10.2. The molecule has 0 saturated heterocycles. The van der Waals surface area contributed by atoms with Gasteiger partial charge in [0, 0.05) is 10.6 Å². The van der Waals surface area contributed by atoms with Gasteiger partial charge in [-0.05, 0) is 17.3 Å². The highest BCUT2D eigenvalue weighted by Gasteiger charge is 1.96. The van der Waals surface area contributed by atoms with Crippen LogP contribution in [0.4, 0.5) is 0 Å². The Morgan fingerprint density at radius 2 is 1.91 bits per heavy atom. The molecule has 2 nitrogen and oxygen atoms in total. The number of benzene rings is 1.